The van der Waals surface area contributed by atoms with Crippen LogP contribution in [0.2, 0.25) is 0 Å². The molecular formula is C12H17F3N2O2. The Morgan fingerprint density at radius 1 is 1.21 bits per heavy atom. The molecule has 19 heavy (non-hydrogen) atoms. The number of rotatable bonds is 2. The summed E-state index contributed by atoms with van der Waals surface area (Å²) < 4.78 is 36.2. The number of carbonyl (C=O) groups excluding carboxylic acids is 2. The molecule has 108 valence electrons. The molecule has 0 aliphatic carbocycles. The van der Waals surface area contributed by atoms with Crippen molar-refractivity contribution in [3.8, 4) is 0 Å². The third-order valence-corrected chi connectivity index (χ3v) is 2.81. The third-order valence-electron chi connectivity index (χ3n) is 2.81. The van der Waals surface area contributed by atoms with Gasteiger partial charge in [0.05, 0.1) is 0 Å². The van der Waals surface area contributed by atoms with Gasteiger partial charge in [0.1, 0.15) is 0 Å². The minimum absolute atomic E-state index is 0.138. The van der Waals surface area contributed by atoms with Crippen LogP contribution in [0.3, 0.4) is 0 Å². The molecule has 1 N–H and O–H groups in total. The predicted molar refractivity (Wildman–Crippen MR) is 63.2 cm³/mol. The zero-order valence-corrected chi connectivity index (χ0v) is 10.9. The minimum atomic E-state index is -4.85. The van der Waals surface area contributed by atoms with Crippen molar-refractivity contribution >= 4 is 11.8 Å². The molecule has 1 fully saturated rings. The molecule has 1 rings (SSSR count). The number of nitrogens with one attached hydrogen (secondary N) is 1. The highest BCUT2D eigenvalue weighted by atomic mass is 19.4. The second kappa shape index (κ2) is 6.08. The van der Waals surface area contributed by atoms with Gasteiger partial charge >= 0.3 is 12.1 Å². The first kappa shape index (κ1) is 15.5. The van der Waals surface area contributed by atoms with E-state index in [4.69, 9.17) is 0 Å². The van der Waals surface area contributed by atoms with Crippen LogP contribution in [0.1, 0.15) is 26.7 Å². The van der Waals surface area contributed by atoms with Crippen LogP contribution in [0.15, 0.2) is 11.6 Å². The quantitative estimate of drug-likeness (QED) is 0.780. The monoisotopic (exact) mass is 278 g/mol. The van der Waals surface area contributed by atoms with E-state index in [0.29, 0.717) is 25.9 Å². The summed E-state index contributed by atoms with van der Waals surface area (Å²) in [6.07, 6.45) is -2.68. The molecule has 0 aromatic rings. The van der Waals surface area contributed by atoms with Crippen LogP contribution in [0.25, 0.3) is 0 Å². The molecule has 0 unspecified atom stereocenters. The molecule has 0 spiro atoms. The maximum atomic E-state index is 12.1. The number of hydrogen-bond donors (Lipinski definition) is 1. The summed E-state index contributed by atoms with van der Waals surface area (Å²) in [5.74, 6) is -2.05. The number of allylic oxidation sites excluding steroid dienone is 1. The first-order chi connectivity index (χ1) is 8.70. The normalized spacial score (nSPS) is 17.0. The van der Waals surface area contributed by atoms with Crippen molar-refractivity contribution < 1.29 is 22.8 Å². The van der Waals surface area contributed by atoms with Crippen LogP contribution in [-0.2, 0) is 9.59 Å². The SMILES string of the molecule is CC(C)=CC(=O)N1CCC(NC(=O)C(F)(F)F)CC1. The van der Waals surface area contributed by atoms with Crippen molar-refractivity contribution in [2.24, 2.45) is 0 Å². The van der Waals surface area contributed by atoms with Gasteiger partial charge < -0.3 is 10.2 Å². The number of piperidine rings is 1. The van der Waals surface area contributed by atoms with E-state index in [1.54, 1.807) is 18.7 Å². The third kappa shape index (κ3) is 4.92. The molecule has 0 aromatic heterocycles. The summed E-state index contributed by atoms with van der Waals surface area (Å²) in [5, 5.41) is 1.94. The van der Waals surface area contributed by atoms with Gasteiger partial charge in [0.2, 0.25) is 5.91 Å². The molecule has 1 heterocycles. The van der Waals surface area contributed by atoms with Crippen LogP contribution in [0.4, 0.5) is 13.2 Å². The smallest absolute Gasteiger partial charge is 0.345 e. The van der Waals surface area contributed by atoms with Crippen molar-refractivity contribution in [3.63, 3.8) is 0 Å². The fraction of sp³-hybridized carbons (Fsp3) is 0.667. The lowest BCUT2D eigenvalue weighted by molar-refractivity contribution is -0.174. The van der Waals surface area contributed by atoms with Gasteiger partial charge in [0.25, 0.3) is 0 Å². The fourth-order valence-electron chi connectivity index (χ4n) is 1.85. The molecule has 0 radical (unpaired) electrons. The van der Waals surface area contributed by atoms with Gasteiger partial charge in [-0.1, -0.05) is 5.57 Å². The average Bonchev–Trinajstić information content (AvgIpc) is 2.27. The molecule has 1 aliphatic heterocycles. The molecule has 0 atom stereocenters. The second-order valence-electron chi connectivity index (χ2n) is 4.79. The summed E-state index contributed by atoms with van der Waals surface area (Å²) in [6.45, 7) is 4.30. The van der Waals surface area contributed by atoms with Gasteiger partial charge in [-0.2, -0.15) is 13.2 Å². The van der Waals surface area contributed by atoms with Crippen LogP contribution in [0, 0.1) is 0 Å². The maximum absolute atomic E-state index is 12.1. The lowest BCUT2D eigenvalue weighted by Crippen LogP contribution is -2.49. The van der Waals surface area contributed by atoms with Crippen LogP contribution < -0.4 is 5.32 Å². The predicted octanol–water partition coefficient (Wildman–Crippen LogP) is 1.62. The Bertz CT molecular complexity index is 379. The number of hydrogen-bond acceptors (Lipinski definition) is 2. The van der Waals surface area contributed by atoms with E-state index in [2.05, 4.69) is 0 Å². The number of alkyl halides is 3. The molecular weight excluding hydrogens is 261 g/mol. The highest BCUT2D eigenvalue weighted by Crippen LogP contribution is 2.17. The molecule has 0 bridgehead atoms. The Balaban J connectivity index is 2.44. The molecule has 1 saturated heterocycles. The average molecular weight is 278 g/mol. The molecule has 7 heteroatoms. The van der Waals surface area contributed by atoms with Crippen LogP contribution in [0.5, 0.6) is 0 Å². The largest absolute Gasteiger partial charge is 0.471 e. The Hall–Kier alpha value is -1.53. The van der Waals surface area contributed by atoms with Crippen molar-refractivity contribution in [3.05, 3.63) is 11.6 Å². The van der Waals surface area contributed by atoms with E-state index in [0.717, 1.165) is 5.57 Å². The number of halogens is 3. The zero-order valence-electron chi connectivity index (χ0n) is 10.9. The first-order valence-electron chi connectivity index (χ1n) is 6.01. The zero-order chi connectivity index (χ0) is 14.6. The van der Waals surface area contributed by atoms with Crippen molar-refractivity contribution in [2.45, 2.75) is 38.9 Å². The van der Waals surface area contributed by atoms with E-state index in [9.17, 15) is 22.8 Å². The number of nitrogens with zero attached hydrogens (tertiary/aromatic N) is 1. The highest BCUT2D eigenvalue weighted by Gasteiger charge is 2.40. The summed E-state index contributed by atoms with van der Waals surface area (Å²) in [4.78, 5) is 24.0. The Labute approximate surface area is 109 Å². The Morgan fingerprint density at radius 2 is 1.74 bits per heavy atom. The summed E-state index contributed by atoms with van der Waals surface area (Å²) in [5.41, 5.74) is 0.873. The Kier molecular flexibility index (Phi) is 4.97. The van der Waals surface area contributed by atoms with Crippen LogP contribution in [-0.4, -0.2) is 42.0 Å². The van der Waals surface area contributed by atoms with Gasteiger partial charge in [-0.25, -0.2) is 0 Å². The molecule has 2 amide bonds. The van der Waals surface area contributed by atoms with E-state index in [-0.39, 0.29) is 5.91 Å². The number of amides is 2. The Morgan fingerprint density at radius 3 is 2.16 bits per heavy atom. The first-order valence-corrected chi connectivity index (χ1v) is 6.01. The van der Waals surface area contributed by atoms with Crippen LogP contribution >= 0.6 is 0 Å². The van der Waals surface area contributed by atoms with Gasteiger partial charge in [-0.15, -0.1) is 0 Å². The molecule has 4 nitrogen and oxygen atoms in total. The molecule has 1 aliphatic rings. The van der Waals surface area contributed by atoms with Crippen molar-refractivity contribution in [2.75, 3.05) is 13.1 Å². The van der Waals surface area contributed by atoms with Gasteiger partial charge in [-0.05, 0) is 26.7 Å². The minimum Gasteiger partial charge on any atom is -0.345 e. The van der Waals surface area contributed by atoms with Gasteiger partial charge in [-0.3, -0.25) is 9.59 Å². The summed E-state index contributed by atoms with van der Waals surface area (Å²) in [6, 6.07) is -0.523. The van der Waals surface area contributed by atoms with E-state index >= 15 is 0 Å². The number of likely N-dealkylation sites (tertiary alicyclic amines) is 1. The van der Waals surface area contributed by atoms with E-state index in [1.807, 2.05) is 5.32 Å². The van der Waals surface area contributed by atoms with Crippen molar-refractivity contribution in [1.82, 2.24) is 10.2 Å². The molecule has 0 aromatic carbocycles. The van der Waals surface area contributed by atoms with E-state index in [1.165, 1.54) is 6.08 Å². The second-order valence-corrected chi connectivity index (χ2v) is 4.79. The standard InChI is InChI=1S/C12H17F3N2O2/c1-8(2)7-10(18)17-5-3-9(4-6-17)16-11(19)12(13,14)15/h7,9H,3-6H2,1-2H3,(H,16,19). The van der Waals surface area contributed by atoms with Crippen molar-refractivity contribution in [1.29, 1.82) is 0 Å². The van der Waals surface area contributed by atoms with Gasteiger partial charge in [0.15, 0.2) is 0 Å². The highest BCUT2D eigenvalue weighted by molar-refractivity contribution is 5.88. The lowest BCUT2D eigenvalue weighted by Gasteiger charge is -2.32. The molecule has 0 saturated carbocycles. The number of carbonyl (C=O) groups is 2. The summed E-state index contributed by atoms with van der Waals surface area (Å²) >= 11 is 0. The maximum Gasteiger partial charge on any atom is 0.471 e. The summed E-state index contributed by atoms with van der Waals surface area (Å²) in [7, 11) is 0. The fourth-order valence-corrected chi connectivity index (χ4v) is 1.85. The lowest BCUT2D eigenvalue weighted by atomic mass is 10.0. The van der Waals surface area contributed by atoms with E-state index < -0.39 is 18.1 Å². The van der Waals surface area contributed by atoms with Gasteiger partial charge in [0, 0.05) is 25.2 Å². The topological polar surface area (TPSA) is 49.4 Å².